The highest BCUT2D eigenvalue weighted by molar-refractivity contribution is 6.08. The minimum absolute atomic E-state index is 0.0730. The predicted octanol–water partition coefficient (Wildman–Crippen LogP) is 2.73. The Morgan fingerprint density at radius 2 is 2.04 bits per heavy atom. The van der Waals surface area contributed by atoms with Crippen LogP contribution in [0.4, 0.5) is 10.1 Å². The molecule has 27 heavy (non-hydrogen) atoms. The van der Waals surface area contributed by atoms with E-state index < -0.39 is 23.7 Å². The van der Waals surface area contributed by atoms with Crippen LogP contribution in [0.2, 0.25) is 0 Å². The van der Waals surface area contributed by atoms with Gasteiger partial charge in [-0.2, -0.15) is 0 Å². The lowest BCUT2D eigenvalue weighted by molar-refractivity contribution is -0.135. The quantitative estimate of drug-likeness (QED) is 0.795. The van der Waals surface area contributed by atoms with Crippen molar-refractivity contribution >= 4 is 17.5 Å². The Balaban J connectivity index is 1.61. The van der Waals surface area contributed by atoms with Gasteiger partial charge in [0.1, 0.15) is 11.7 Å². The van der Waals surface area contributed by atoms with Crippen LogP contribution in [-0.4, -0.2) is 30.0 Å². The van der Waals surface area contributed by atoms with Crippen molar-refractivity contribution in [2.75, 3.05) is 18.0 Å². The third kappa shape index (κ3) is 4.34. The summed E-state index contributed by atoms with van der Waals surface area (Å²) in [7, 11) is 0. The molecule has 1 heterocycles. The molecule has 5 nitrogen and oxygen atoms in total. The highest BCUT2D eigenvalue weighted by Gasteiger charge is 2.34. The van der Waals surface area contributed by atoms with Gasteiger partial charge >= 0.3 is 0 Å². The minimum Gasteiger partial charge on any atom is -0.387 e. The van der Waals surface area contributed by atoms with Gasteiger partial charge in [-0.15, -0.1) is 0 Å². The molecule has 1 saturated heterocycles. The summed E-state index contributed by atoms with van der Waals surface area (Å²) in [5.41, 5.74) is 1.65. The van der Waals surface area contributed by atoms with Crippen molar-refractivity contribution < 1.29 is 19.1 Å². The van der Waals surface area contributed by atoms with Gasteiger partial charge in [0.15, 0.2) is 0 Å². The van der Waals surface area contributed by atoms with E-state index in [9.17, 15) is 19.1 Å². The first-order valence-corrected chi connectivity index (χ1v) is 9.05. The fourth-order valence-electron chi connectivity index (χ4n) is 3.24. The number of benzene rings is 2. The number of halogens is 1. The van der Waals surface area contributed by atoms with Crippen LogP contribution in [0.25, 0.3) is 0 Å². The molecule has 3 rings (SSSR count). The summed E-state index contributed by atoms with van der Waals surface area (Å²) in [6.45, 7) is 2.15. The number of rotatable bonds is 5. The standard InChI is InChI=1S/C21H23FN2O3/c1-14-9-10-15(12-18(14)22)19(25)13-23-20(26)17-8-5-11-24(21(17)27)16-6-3-2-4-7-16/h2-4,6-7,9-10,12,17,19,25H,5,8,11,13H2,1H3,(H,23,26). The average molecular weight is 370 g/mol. The van der Waals surface area contributed by atoms with E-state index in [1.165, 1.54) is 6.07 Å². The van der Waals surface area contributed by atoms with E-state index in [1.807, 2.05) is 30.3 Å². The topological polar surface area (TPSA) is 69.6 Å². The summed E-state index contributed by atoms with van der Waals surface area (Å²) in [4.78, 5) is 26.8. The minimum atomic E-state index is -1.03. The maximum Gasteiger partial charge on any atom is 0.239 e. The fraction of sp³-hybridized carbons (Fsp3) is 0.333. The van der Waals surface area contributed by atoms with Crippen LogP contribution in [-0.2, 0) is 9.59 Å². The zero-order chi connectivity index (χ0) is 19.4. The SMILES string of the molecule is Cc1ccc(C(O)CNC(=O)C2CCCN(c3ccccc3)C2=O)cc1F. The number of carbonyl (C=O) groups is 2. The van der Waals surface area contributed by atoms with E-state index in [0.29, 0.717) is 24.1 Å². The molecular weight excluding hydrogens is 347 g/mol. The Hall–Kier alpha value is -2.73. The summed E-state index contributed by atoms with van der Waals surface area (Å²) in [6, 6.07) is 13.7. The first-order chi connectivity index (χ1) is 13.0. The lowest BCUT2D eigenvalue weighted by atomic mass is 9.95. The zero-order valence-corrected chi connectivity index (χ0v) is 15.2. The van der Waals surface area contributed by atoms with Crippen LogP contribution in [0.3, 0.4) is 0 Å². The molecule has 1 fully saturated rings. The van der Waals surface area contributed by atoms with Crippen molar-refractivity contribution in [2.24, 2.45) is 5.92 Å². The van der Waals surface area contributed by atoms with Crippen molar-refractivity contribution in [3.05, 3.63) is 65.5 Å². The molecule has 1 aliphatic heterocycles. The molecule has 6 heteroatoms. The second-order valence-electron chi connectivity index (χ2n) is 6.79. The molecular formula is C21H23FN2O3. The number of aliphatic hydroxyl groups is 1. The number of nitrogens with zero attached hydrogens (tertiary/aromatic N) is 1. The largest absolute Gasteiger partial charge is 0.387 e. The number of aryl methyl sites for hydroxylation is 1. The molecule has 0 bridgehead atoms. The Bertz CT molecular complexity index is 825. The van der Waals surface area contributed by atoms with Gasteiger partial charge in [-0.3, -0.25) is 9.59 Å². The van der Waals surface area contributed by atoms with E-state index in [2.05, 4.69) is 5.32 Å². The Labute approximate surface area is 157 Å². The van der Waals surface area contributed by atoms with E-state index >= 15 is 0 Å². The number of aliphatic hydroxyl groups excluding tert-OH is 1. The second kappa shape index (κ2) is 8.31. The number of hydrogen-bond acceptors (Lipinski definition) is 3. The molecule has 0 aliphatic carbocycles. The first-order valence-electron chi connectivity index (χ1n) is 9.05. The number of para-hydroxylation sites is 1. The molecule has 0 spiro atoms. The Kier molecular flexibility index (Phi) is 5.86. The third-order valence-corrected chi connectivity index (χ3v) is 4.87. The molecule has 2 N–H and O–H groups in total. The van der Waals surface area contributed by atoms with Gasteiger partial charge in [-0.05, 0) is 49.1 Å². The molecule has 0 aromatic heterocycles. The molecule has 1 aliphatic rings. The van der Waals surface area contributed by atoms with Crippen molar-refractivity contribution in [3.63, 3.8) is 0 Å². The number of piperidine rings is 1. The molecule has 2 amide bonds. The maximum atomic E-state index is 13.6. The molecule has 2 aromatic carbocycles. The van der Waals surface area contributed by atoms with Crippen molar-refractivity contribution in [1.82, 2.24) is 5.32 Å². The summed E-state index contributed by atoms with van der Waals surface area (Å²) >= 11 is 0. The first kappa shape index (κ1) is 19.0. The number of carbonyl (C=O) groups excluding carboxylic acids is 2. The number of hydrogen-bond donors (Lipinski definition) is 2. The van der Waals surface area contributed by atoms with E-state index in [4.69, 9.17) is 0 Å². The third-order valence-electron chi connectivity index (χ3n) is 4.87. The Morgan fingerprint density at radius 3 is 2.74 bits per heavy atom. The second-order valence-corrected chi connectivity index (χ2v) is 6.79. The molecule has 2 unspecified atom stereocenters. The average Bonchev–Trinajstić information content (AvgIpc) is 2.68. The predicted molar refractivity (Wildman–Crippen MR) is 101 cm³/mol. The van der Waals surface area contributed by atoms with Gasteiger partial charge in [0.25, 0.3) is 0 Å². The van der Waals surface area contributed by atoms with Crippen LogP contribution in [0.1, 0.15) is 30.1 Å². The molecule has 0 saturated carbocycles. The van der Waals surface area contributed by atoms with Gasteiger partial charge < -0.3 is 15.3 Å². The van der Waals surface area contributed by atoms with Crippen LogP contribution < -0.4 is 10.2 Å². The zero-order valence-electron chi connectivity index (χ0n) is 15.2. The van der Waals surface area contributed by atoms with Crippen LogP contribution in [0.5, 0.6) is 0 Å². The summed E-state index contributed by atoms with van der Waals surface area (Å²) in [5, 5.41) is 12.8. The van der Waals surface area contributed by atoms with Gasteiger partial charge in [-0.1, -0.05) is 30.3 Å². The lowest BCUT2D eigenvalue weighted by Crippen LogP contribution is -2.48. The van der Waals surface area contributed by atoms with E-state index in [0.717, 1.165) is 12.1 Å². The van der Waals surface area contributed by atoms with Gasteiger partial charge in [0.2, 0.25) is 11.8 Å². The van der Waals surface area contributed by atoms with Crippen LogP contribution in [0, 0.1) is 18.7 Å². The lowest BCUT2D eigenvalue weighted by Gasteiger charge is -2.31. The molecule has 2 aromatic rings. The number of amides is 2. The summed E-state index contributed by atoms with van der Waals surface area (Å²) < 4.78 is 13.6. The van der Waals surface area contributed by atoms with E-state index in [1.54, 1.807) is 24.0 Å². The van der Waals surface area contributed by atoms with Crippen molar-refractivity contribution in [2.45, 2.75) is 25.9 Å². The Morgan fingerprint density at radius 1 is 1.30 bits per heavy atom. The molecule has 142 valence electrons. The fourth-order valence-corrected chi connectivity index (χ4v) is 3.24. The summed E-state index contributed by atoms with van der Waals surface area (Å²) in [5.74, 6) is -1.83. The van der Waals surface area contributed by atoms with Crippen molar-refractivity contribution in [3.8, 4) is 0 Å². The highest BCUT2D eigenvalue weighted by Crippen LogP contribution is 2.24. The van der Waals surface area contributed by atoms with Crippen LogP contribution in [0.15, 0.2) is 48.5 Å². The normalized spacial score (nSPS) is 18.3. The number of nitrogens with one attached hydrogen (secondary N) is 1. The van der Waals surface area contributed by atoms with Crippen molar-refractivity contribution in [1.29, 1.82) is 0 Å². The van der Waals surface area contributed by atoms with Crippen LogP contribution >= 0.6 is 0 Å². The highest BCUT2D eigenvalue weighted by atomic mass is 19.1. The summed E-state index contributed by atoms with van der Waals surface area (Å²) in [6.07, 6.45) is 0.168. The van der Waals surface area contributed by atoms with E-state index in [-0.39, 0.29) is 12.5 Å². The maximum absolute atomic E-state index is 13.6. The molecule has 0 radical (unpaired) electrons. The van der Waals surface area contributed by atoms with Gasteiger partial charge in [-0.25, -0.2) is 4.39 Å². The monoisotopic (exact) mass is 370 g/mol. The smallest absolute Gasteiger partial charge is 0.239 e. The number of anilines is 1. The van der Waals surface area contributed by atoms with Gasteiger partial charge in [0, 0.05) is 18.8 Å². The van der Waals surface area contributed by atoms with Gasteiger partial charge in [0.05, 0.1) is 6.10 Å². The molecule has 2 atom stereocenters.